The van der Waals surface area contributed by atoms with Crippen LogP contribution >= 0.6 is 15.9 Å². The monoisotopic (exact) mass is 342 g/mol. The van der Waals surface area contributed by atoms with Crippen molar-refractivity contribution in [1.82, 2.24) is 4.90 Å². The van der Waals surface area contributed by atoms with Crippen molar-refractivity contribution in [3.8, 4) is 5.75 Å². The first kappa shape index (κ1) is 17.0. The molecule has 0 aliphatic rings. The molecule has 1 rings (SSSR count). The van der Waals surface area contributed by atoms with Crippen LogP contribution < -0.4 is 10.5 Å². The highest BCUT2D eigenvalue weighted by Gasteiger charge is 2.13. The van der Waals surface area contributed by atoms with Crippen molar-refractivity contribution in [2.75, 3.05) is 20.2 Å². The first-order valence-corrected chi connectivity index (χ1v) is 7.57. The molecule has 20 heavy (non-hydrogen) atoms. The summed E-state index contributed by atoms with van der Waals surface area (Å²) in [5.74, 6) is 1.08. The minimum atomic E-state index is -0.0381. The fourth-order valence-corrected chi connectivity index (χ4v) is 1.85. The van der Waals surface area contributed by atoms with Gasteiger partial charge in [0.05, 0.1) is 0 Å². The topological polar surface area (TPSA) is 55.6 Å². The molecule has 0 bridgehead atoms. The highest BCUT2D eigenvalue weighted by atomic mass is 79.9. The van der Waals surface area contributed by atoms with E-state index in [1.165, 1.54) is 0 Å². The van der Waals surface area contributed by atoms with Gasteiger partial charge in [-0.25, -0.2) is 0 Å². The van der Waals surface area contributed by atoms with Gasteiger partial charge in [-0.05, 0) is 36.6 Å². The Labute approximate surface area is 129 Å². The van der Waals surface area contributed by atoms with Crippen molar-refractivity contribution in [3.63, 3.8) is 0 Å². The van der Waals surface area contributed by atoms with Gasteiger partial charge in [0.25, 0.3) is 5.91 Å². The molecule has 0 aliphatic heterocycles. The lowest BCUT2D eigenvalue weighted by molar-refractivity contribution is -0.132. The largest absolute Gasteiger partial charge is 0.484 e. The van der Waals surface area contributed by atoms with E-state index in [0.717, 1.165) is 10.9 Å². The van der Waals surface area contributed by atoms with E-state index in [2.05, 4.69) is 29.8 Å². The van der Waals surface area contributed by atoms with Gasteiger partial charge >= 0.3 is 0 Å². The molecule has 1 aromatic rings. The summed E-state index contributed by atoms with van der Waals surface area (Å²) in [6, 6.07) is 7.53. The van der Waals surface area contributed by atoms with Crippen molar-refractivity contribution in [1.29, 1.82) is 0 Å². The number of carbonyl (C=O) groups is 1. The normalized spacial score (nSPS) is 12.3. The highest BCUT2D eigenvalue weighted by Crippen LogP contribution is 2.16. The van der Waals surface area contributed by atoms with Crippen LogP contribution in [0, 0.1) is 5.92 Å². The molecule has 1 atom stereocenters. The Balaban J connectivity index is 2.33. The molecule has 4 nitrogen and oxygen atoms in total. The Morgan fingerprint density at radius 3 is 2.50 bits per heavy atom. The number of rotatable bonds is 7. The molecule has 0 aromatic heterocycles. The third-order valence-electron chi connectivity index (χ3n) is 3.26. The number of ether oxygens (including phenoxy) is 1. The molecule has 0 heterocycles. The van der Waals surface area contributed by atoms with Crippen molar-refractivity contribution >= 4 is 21.8 Å². The molecule has 0 spiro atoms. The SMILES string of the molecule is CC(C)C(N)CCN(C)C(=O)COc1ccc(Br)cc1. The van der Waals surface area contributed by atoms with Gasteiger partial charge in [-0.3, -0.25) is 4.79 Å². The fourth-order valence-electron chi connectivity index (χ4n) is 1.59. The van der Waals surface area contributed by atoms with Gasteiger partial charge in [-0.15, -0.1) is 0 Å². The van der Waals surface area contributed by atoms with Gasteiger partial charge in [0.15, 0.2) is 6.61 Å². The van der Waals surface area contributed by atoms with E-state index >= 15 is 0 Å². The molecule has 112 valence electrons. The van der Waals surface area contributed by atoms with E-state index in [0.29, 0.717) is 18.2 Å². The average Bonchev–Trinajstić information content (AvgIpc) is 2.43. The second kappa shape index (κ2) is 8.27. The second-order valence-corrected chi connectivity index (χ2v) is 6.17. The number of nitrogens with zero attached hydrogens (tertiary/aromatic N) is 1. The van der Waals surface area contributed by atoms with Crippen LogP contribution in [0.15, 0.2) is 28.7 Å². The molecular formula is C15H23BrN2O2. The zero-order valence-electron chi connectivity index (χ0n) is 12.3. The van der Waals surface area contributed by atoms with Crippen LogP contribution in [-0.2, 0) is 4.79 Å². The van der Waals surface area contributed by atoms with E-state index in [9.17, 15) is 4.79 Å². The third kappa shape index (κ3) is 5.92. The van der Waals surface area contributed by atoms with Crippen LogP contribution in [0.1, 0.15) is 20.3 Å². The number of amides is 1. The molecule has 0 radical (unpaired) electrons. The first-order valence-electron chi connectivity index (χ1n) is 6.78. The summed E-state index contributed by atoms with van der Waals surface area (Å²) < 4.78 is 6.44. The third-order valence-corrected chi connectivity index (χ3v) is 3.78. The maximum absolute atomic E-state index is 11.9. The summed E-state index contributed by atoms with van der Waals surface area (Å²) in [6.45, 7) is 4.88. The van der Waals surface area contributed by atoms with E-state index in [1.807, 2.05) is 24.3 Å². The Hall–Kier alpha value is -1.07. The van der Waals surface area contributed by atoms with Crippen LogP contribution in [0.2, 0.25) is 0 Å². The number of likely N-dealkylation sites (N-methyl/N-ethyl adjacent to an activating group) is 1. The van der Waals surface area contributed by atoms with Crippen LogP contribution in [-0.4, -0.2) is 37.0 Å². The van der Waals surface area contributed by atoms with E-state index in [1.54, 1.807) is 11.9 Å². The predicted octanol–water partition coefficient (Wildman–Crippen LogP) is 2.66. The molecule has 2 N–H and O–H groups in total. The van der Waals surface area contributed by atoms with Gasteiger partial charge in [-0.1, -0.05) is 29.8 Å². The Bertz CT molecular complexity index is 420. The van der Waals surface area contributed by atoms with E-state index in [-0.39, 0.29) is 18.6 Å². The van der Waals surface area contributed by atoms with Crippen LogP contribution in [0.25, 0.3) is 0 Å². The summed E-state index contributed by atoms with van der Waals surface area (Å²) in [7, 11) is 1.78. The molecule has 0 fully saturated rings. The Kier molecular flexibility index (Phi) is 7.02. The molecule has 0 aliphatic carbocycles. The van der Waals surface area contributed by atoms with Gasteiger partial charge in [0, 0.05) is 24.1 Å². The van der Waals surface area contributed by atoms with Crippen LogP contribution in [0.5, 0.6) is 5.75 Å². The molecule has 5 heteroatoms. The van der Waals surface area contributed by atoms with Crippen LogP contribution in [0.4, 0.5) is 0 Å². The predicted molar refractivity (Wildman–Crippen MR) is 84.7 cm³/mol. The van der Waals surface area contributed by atoms with Crippen LogP contribution in [0.3, 0.4) is 0 Å². The zero-order valence-corrected chi connectivity index (χ0v) is 13.9. The van der Waals surface area contributed by atoms with Gasteiger partial charge in [0.1, 0.15) is 5.75 Å². The summed E-state index contributed by atoms with van der Waals surface area (Å²) >= 11 is 3.35. The smallest absolute Gasteiger partial charge is 0.260 e. The standard InChI is InChI=1S/C15H23BrN2O2/c1-11(2)14(17)8-9-18(3)15(19)10-20-13-6-4-12(16)5-7-13/h4-7,11,14H,8-10,17H2,1-3H3. The van der Waals surface area contributed by atoms with E-state index in [4.69, 9.17) is 10.5 Å². The van der Waals surface area contributed by atoms with Gasteiger partial charge < -0.3 is 15.4 Å². The van der Waals surface area contributed by atoms with E-state index < -0.39 is 0 Å². The number of hydrogen-bond acceptors (Lipinski definition) is 3. The number of halogens is 1. The maximum atomic E-state index is 11.9. The molecule has 1 unspecified atom stereocenters. The zero-order chi connectivity index (χ0) is 15.1. The lowest BCUT2D eigenvalue weighted by atomic mass is 10.0. The molecule has 0 saturated heterocycles. The summed E-state index contributed by atoms with van der Waals surface area (Å²) in [5.41, 5.74) is 5.97. The molecule has 1 aromatic carbocycles. The molecular weight excluding hydrogens is 320 g/mol. The average molecular weight is 343 g/mol. The van der Waals surface area contributed by atoms with Gasteiger partial charge in [-0.2, -0.15) is 0 Å². The Morgan fingerprint density at radius 2 is 1.95 bits per heavy atom. The number of carbonyl (C=O) groups excluding carboxylic acids is 1. The lowest BCUT2D eigenvalue weighted by Crippen LogP contribution is -2.36. The van der Waals surface area contributed by atoms with Crippen molar-refractivity contribution in [2.45, 2.75) is 26.3 Å². The number of hydrogen-bond donors (Lipinski definition) is 1. The summed E-state index contributed by atoms with van der Waals surface area (Å²) in [5, 5.41) is 0. The number of nitrogens with two attached hydrogens (primary N) is 1. The molecule has 1 amide bonds. The van der Waals surface area contributed by atoms with Crippen molar-refractivity contribution in [3.05, 3.63) is 28.7 Å². The van der Waals surface area contributed by atoms with Gasteiger partial charge in [0.2, 0.25) is 0 Å². The fraction of sp³-hybridized carbons (Fsp3) is 0.533. The summed E-state index contributed by atoms with van der Waals surface area (Å²) in [4.78, 5) is 13.6. The lowest BCUT2D eigenvalue weighted by Gasteiger charge is -2.21. The van der Waals surface area contributed by atoms with Crippen molar-refractivity contribution < 1.29 is 9.53 Å². The second-order valence-electron chi connectivity index (χ2n) is 5.25. The minimum Gasteiger partial charge on any atom is -0.484 e. The molecule has 0 saturated carbocycles. The Morgan fingerprint density at radius 1 is 1.35 bits per heavy atom. The minimum absolute atomic E-state index is 0.0381. The maximum Gasteiger partial charge on any atom is 0.260 e. The number of benzene rings is 1. The van der Waals surface area contributed by atoms with Crippen molar-refractivity contribution in [2.24, 2.45) is 11.7 Å². The summed E-state index contributed by atoms with van der Waals surface area (Å²) in [6.07, 6.45) is 0.804. The first-order chi connectivity index (χ1) is 9.40. The quantitative estimate of drug-likeness (QED) is 0.828. The highest BCUT2D eigenvalue weighted by molar-refractivity contribution is 9.10.